The molecule has 2 saturated heterocycles. The van der Waals surface area contributed by atoms with Gasteiger partial charge in [0.15, 0.2) is 0 Å². The van der Waals surface area contributed by atoms with Gasteiger partial charge in [0.05, 0.1) is 31.4 Å². The number of ketones is 1. The maximum atomic E-state index is 13.4. The molecule has 0 bridgehead atoms. The molecule has 2 aromatic carbocycles. The quantitative estimate of drug-likeness (QED) is 0.349. The molecule has 202 valence electrons. The minimum Gasteiger partial charge on any atom is -0.507 e. The highest BCUT2D eigenvalue weighted by Gasteiger charge is 2.46. The number of morpholine rings is 1. The summed E-state index contributed by atoms with van der Waals surface area (Å²) >= 11 is 0. The smallest absolute Gasteiger partial charge is 0.295 e. The number of quaternary nitrogens is 1. The summed E-state index contributed by atoms with van der Waals surface area (Å²) in [7, 11) is 0. The Morgan fingerprint density at radius 3 is 2.47 bits per heavy atom. The van der Waals surface area contributed by atoms with E-state index in [0.717, 1.165) is 62.6 Å². The van der Waals surface area contributed by atoms with Gasteiger partial charge in [0.2, 0.25) is 0 Å². The van der Waals surface area contributed by atoms with Crippen LogP contribution in [0.2, 0.25) is 0 Å². The number of Topliss-reactive ketones (excluding diaryl/α,β-unsaturated/α-hetero) is 1. The Labute approximate surface area is 225 Å². The number of hydrogen-bond donors (Lipinski definition) is 2. The second kappa shape index (κ2) is 10.5. The number of rotatable bonds is 6. The van der Waals surface area contributed by atoms with Gasteiger partial charge in [-0.25, -0.2) is 0 Å². The van der Waals surface area contributed by atoms with Crippen LogP contribution in [0.15, 0.2) is 48.0 Å². The van der Waals surface area contributed by atoms with Crippen molar-refractivity contribution in [2.45, 2.75) is 58.1 Å². The summed E-state index contributed by atoms with van der Waals surface area (Å²) in [6.45, 7) is 13.2. The van der Waals surface area contributed by atoms with Crippen molar-refractivity contribution in [3.05, 3.63) is 70.3 Å². The summed E-state index contributed by atoms with van der Waals surface area (Å²) in [5.74, 6) is -0.505. The van der Waals surface area contributed by atoms with Gasteiger partial charge < -0.3 is 24.4 Å². The summed E-state index contributed by atoms with van der Waals surface area (Å²) < 4.78 is 11.3. The number of carbonyl (C=O) groups is 2. The number of benzene rings is 2. The summed E-state index contributed by atoms with van der Waals surface area (Å²) in [5.41, 5.74) is 3.66. The van der Waals surface area contributed by atoms with Crippen molar-refractivity contribution in [3.63, 3.8) is 0 Å². The molecule has 0 radical (unpaired) electrons. The minimum absolute atomic E-state index is 0.0229. The second-order valence-corrected chi connectivity index (χ2v) is 11.8. The Bertz CT molecular complexity index is 1240. The van der Waals surface area contributed by atoms with Gasteiger partial charge >= 0.3 is 0 Å². The normalized spacial score (nSPS) is 23.5. The van der Waals surface area contributed by atoms with Crippen molar-refractivity contribution in [2.24, 2.45) is 0 Å². The maximum absolute atomic E-state index is 13.4. The van der Waals surface area contributed by atoms with Crippen LogP contribution >= 0.6 is 0 Å². The molecule has 38 heavy (non-hydrogen) atoms. The summed E-state index contributed by atoms with van der Waals surface area (Å²) in [4.78, 5) is 29.9. The molecular formula is C31H39N2O5+. The Kier molecular flexibility index (Phi) is 7.34. The van der Waals surface area contributed by atoms with E-state index >= 15 is 0 Å². The highest BCUT2D eigenvalue weighted by Crippen LogP contribution is 2.41. The predicted molar refractivity (Wildman–Crippen MR) is 145 cm³/mol. The summed E-state index contributed by atoms with van der Waals surface area (Å²) in [6, 6.07) is 12.9. The summed E-state index contributed by atoms with van der Waals surface area (Å²) in [5, 5.41) is 11.5. The van der Waals surface area contributed by atoms with Crippen LogP contribution in [0, 0.1) is 0 Å². The van der Waals surface area contributed by atoms with Gasteiger partial charge in [-0.2, -0.15) is 0 Å². The van der Waals surface area contributed by atoms with Crippen molar-refractivity contribution in [2.75, 3.05) is 39.4 Å². The van der Waals surface area contributed by atoms with Crippen LogP contribution in [0.3, 0.4) is 0 Å². The lowest BCUT2D eigenvalue weighted by molar-refractivity contribution is -0.908. The molecule has 3 heterocycles. The predicted octanol–water partition coefficient (Wildman–Crippen LogP) is 3.03. The van der Waals surface area contributed by atoms with Crippen molar-refractivity contribution < 1.29 is 29.1 Å². The average molecular weight is 520 g/mol. The molecule has 2 atom stereocenters. The van der Waals surface area contributed by atoms with Gasteiger partial charge in [0.25, 0.3) is 11.7 Å². The van der Waals surface area contributed by atoms with Crippen LogP contribution in [0.1, 0.15) is 62.4 Å². The van der Waals surface area contributed by atoms with Crippen LogP contribution in [0.25, 0.3) is 5.76 Å². The lowest BCUT2D eigenvalue weighted by Gasteiger charge is -2.28. The Morgan fingerprint density at radius 1 is 1.08 bits per heavy atom. The number of likely N-dealkylation sites (tertiary alicyclic amines) is 1. The fourth-order valence-corrected chi connectivity index (χ4v) is 5.76. The van der Waals surface area contributed by atoms with Gasteiger partial charge in [-0.05, 0) is 47.2 Å². The molecule has 0 unspecified atom stereocenters. The van der Waals surface area contributed by atoms with E-state index in [1.54, 1.807) is 11.0 Å². The fourth-order valence-electron chi connectivity index (χ4n) is 5.76. The van der Waals surface area contributed by atoms with Crippen molar-refractivity contribution >= 4 is 17.4 Å². The Hall–Kier alpha value is -3.16. The zero-order valence-electron chi connectivity index (χ0n) is 22.9. The number of ether oxygens (including phenoxy) is 2. The first-order valence-corrected chi connectivity index (χ1v) is 13.7. The highest BCUT2D eigenvalue weighted by atomic mass is 16.5. The first-order chi connectivity index (χ1) is 18.1. The van der Waals surface area contributed by atoms with Gasteiger partial charge in [-0.3, -0.25) is 9.59 Å². The summed E-state index contributed by atoms with van der Waals surface area (Å²) in [6.07, 6.45) is 1.59. The maximum Gasteiger partial charge on any atom is 0.295 e. The van der Waals surface area contributed by atoms with Gasteiger partial charge in [0, 0.05) is 24.9 Å². The van der Waals surface area contributed by atoms with Crippen LogP contribution in [-0.4, -0.2) is 67.2 Å². The van der Waals surface area contributed by atoms with Gasteiger partial charge in [-0.15, -0.1) is 0 Å². The van der Waals surface area contributed by atoms with E-state index in [-0.39, 0.29) is 22.9 Å². The van der Waals surface area contributed by atoms with Crippen LogP contribution in [0.4, 0.5) is 0 Å². The number of aliphatic hydroxyl groups is 1. The largest absolute Gasteiger partial charge is 0.507 e. The second-order valence-electron chi connectivity index (χ2n) is 11.8. The third-order valence-electron chi connectivity index (χ3n) is 7.93. The first-order valence-electron chi connectivity index (χ1n) is 13.7. The molecule has 1 amide bonds. The molecule has 0 spiro atoms. The lowest BCUT2D eigenvalue weighted by Crippen LogP contribution is -3.14. The fraction of sp³-hybridized carbons (Fsp3) is 0.484. The van der Waals surface area contributed by atoms with E-state index in [1.165, 1.54) is 10.5 Å². The van der Waals surface area contributed by atoms with E-state index in [4.69, 9.17) is 9.47 Å². The molecule has 5 rings (SSSR count). The van der Waals surface area contributed by atoms with Crippen molar-refractivity contribution in [1.82, 2.24) is 4.90 Å². The van der Waals surface area contributed by atoms with Gasteiger partial charge in [0.1, 0.15) is 30.7 Å². The number of fused-ring (bicyclic) bond motifs is 1. The number of aliphatic hydroxyl groups excluding tert-OH is 1. The van der Waals surface area contributed by atoms with Gasteiger partial charge in [-0.1, -0.05) is 45.0 Å². The molecule has 2 N–H and O–H groups in total. The molecule has 0 aromatic heterocycles. The molecule has 0 saturated carbocycles. The molecule has 7 nitrogen and oxygen atoms in total. The van der Waals surface area contributed by atoms with Crippen molar-refractivity contribution in [1.29, 1.82) is 0 Å². The third kappa shape index (κ3) is 5.22. The molecule has 2 fully saturated rings. The SMILES string of the molecule is C[C@H]1Cc2cc(C(O)=C3C(=O)C(=O)N(CCC[NH+]4CCOCC4)[C@@H]3c3ccc(C(C)(C)C)cc3)ccc2O1. The molecule has 7 heteroatoms. The topological polar surface area (TPSA) is 80.5 Å². The average Bonchev–Trinajstić information content (AvgIpc) is 3.39. The van der Waals surface area contributed by atoms with E-state index < -0.39 is 17.7 Å². The number of hydrogen-bond acceptors (Lipinski definition) is 5. The van der Waals surface area contributed by atoms with E-state index in [2.05, 4.69) is 32.9 Å². The zero-order chi connectivity index (χ0) is 27.0. The Morgan fingerprint density at radius 2 is 1.79 bits per heavy atom. The third-order valence-corrected chi connectivity index (χ3v) is 7.93. The molecule has 0 aliphatic carbocycles. The minimum atomic E-state index is -0.632. The highest BCUT2D eigenvalue weighted by molar-refractivity contribution is 6.46. The Balaban J connectivity index is 1.50. The standard InChI is InChI=1S/C31H38N2O5/c1-20-18-23-19-22(8-11-25(23)38-20)28(34)26-27(21-6-9-24(10-7-21)31(2,3)4)33(30(36)29(26)35)13-5-12-32-14-16-37-17-15-32/h6-11,19-20,27,34H,5,12-18H2,1-4H3/p+1/t20-,27+/m0/s1. The van der Waals surface area contributed by atoms with E-state index in [1.807, 2.05) is 31.2 Å². The zero-order valence-corrected chi connectivity index (χ0v) is 22.9. The number of carbonyl (C=O) groups excluding carboxylic acids is 2. The van der Waals surface area contributed by atoms with Crippen LogP contribution in [0.5, 0.6) is 5.75 Å². The van der Waals surface area contributed by atoms with E-state index in [0.29, 0.717) is 12.1 Å². The number of amides is 1. The lowest BCUT2D eigenvalue weighted by atomic mass is 9.85. The van der Waals surface area contributed by atoms with Crippen LogP contribution in [-0.2, 0) is 26.2 Å². The molecular weight excluding hydrogens is 480 g/mol. The van der Waals surface area contributed by atoms with Crippen LogP contribution < -0.4 is 9.64 Å². The molecule has 2 aromatic rings. The molecule has 3 aliphatic rings. The molecule has 3 aliphatic heterocycles. The monoisotopic (exact) mass is 519 g/mol. The van der Waals surface area contributed by atoms with E-state index in [9.17, 15) is 14.7 Å². The number of nitrogens with zero attached hydrogens (tertiary/aromatic N) is 1. The number of nitrogens with one attached hydrogen (secondary N) is 1. The van der Waals surface area contributed by atoms with Crippen molar-refractivity contribution in [3.8, 4) is 5.75 Å². The first kappa shape index (κ1) is 26.4.